The smallest absolute Gasteiger partial charge is 0.274 e. The number of H-pyrrole nitrogens is 1. The van der Waals surface area contributed by atoms with Crippen LogP contribution in [0.3, 0.4) is 0 Å². The summed E-state index contributed by atoms with van der Waals surface area (Å²) in [7, 11) is 0. The van der Waals surface area contributed by atoms with Crippen molar-refractivity contribution in [3.8, 4) is 0 Å². The monoisotopic (exact) mass is 307 g/mol. The molecule has 1 amide bonds. The average Bonchev–Trinajstić information content (AvgIpc) is 3.17. The van der Waals surface area contributed by atoms with E-state index in [1.165, 1.54) is 12.1 Å². The van der Waals surface area contributed by atoms with Gasteiger partial charge in [0.2, 0.25) is 0 Å². The molecule has 0 spiro atoms. The first kappa shape index (κ1) is 13.5. The Bertz CT molecular complexity index is 912. The van der Waals surface area contributed by atoms with E-state index in [4.69, 9.17) is 0 Å². The Labute approximate surface area is 131 Å². The Morgan fingerprint density at radius 3 is 2.78 bits per heavy atom. The predicted molar refractivity (Wildman–Crippen MR) is 86.8 cm³/mol. The number of anilines is 1. The molecule has 4 rings (SSSR count). The van der Waals surface area contributed by atoms with E-state index < -0.39 is 4.92 Å². The third kappa shape index (κ3) is 2.15. The van der Waals surface area contributed by atoms with Crippen molar-refractivity contribution in [2.24, 2.45) is 0 Å². The summed E-state index contributed by atoms with van der Waals surface area (Å²) < 4.78 is 0. The topological polar surface area (TPSA) is 79.2 Å². The molecule has 0 saturated heterocycles. The molecule has 6 nitrogen and oxygen atoms in total. The molecule has 2 aromatic carbocycles. The summed E-state index contributed by atoms with van der Waals surface area (Å²) in [5, 5.41) is 11.9. The maximum atomic E-state index is 12.8. The van der Waals surface area contributed by atoms with Crippen LogP contribution in [0.4, 0.5) is 11.4 Å². The molecule has 0 bridgehead atoms. The van der Waals surface area contributed by atoms with Crippen LogP contribution in [0.2, 0.25) is 0 Å². The molecule has 3 aromatic rings. The number of carbonyl (C=O) groups excluding carboxylic acids is 1. The van der Waals surface area contributed by atoms with Crippen LogP contribution >= 0.6 is 0 Å². The Balaban J connectivity index is 1.73. The van der Waals surface area contributed by atoms with Crippen LogP contribution in [0.25, 0.3) is 10.9 Å². The quantitative estimate of drug-likeness (QED) is 0.583. The molecule has 1 aliphatic rings. The van der Waals surface area contributed by atoms with Gasteiger partial charge in [-0.05, 0) is 24.1 Å². The minimum Gasteiger partial charge on any atom is -0.351 e. The minimum atomic E-state index is -0.440. The number of non-ortho nitro benzene ring substituents is 1. The number of nitro groups is 1. The summed E-state index contributed by atoms with van der Waals surface area (Å²) in [4.78, 5) is 28.0. The normalized spacial score (nSPS) is 13.3. The third-order valence-electron chi connectivity index (χ3n) is 4.18. The van der Waals surface area contributed by atoms with Crippen LogP contribution in [0.15, 0.2) is 48.5 Å². The zero-order valence-electron chi connectivity index (χ0n) is 12.2. The third-order valence-corrected chi connectivity index (χ3v) is 4.18. The number of carbonyl (C=O) groups is 1. The number of nitro benzene ring substituents is 1. The number of aromatic nitrogens is 1. The number of fused-ring (bicyclic) bond motifs is 2. The number of nitrogens with zero attached hydrogens (tertiary/aromatic N) is 2. The van der Waals surface area contributed by atoms with Crippen molar-refractivity contribution in [3.05, 3.63) is 69.9 Å². The fourth-order valence-electron chi connectivity index (χ4n) is 3.03. The molecule has 0 radical (unpaired) electrons. The van der Waals surface area contributed by atoms with Gasteiger partial charge >= 0.3 is 0 Å². The average molecular weight is 307 g/mol. The van der Waals surface area contributed by atoms with Crippen LogP contribution in [-0.4, -0.2) is 22.4 Å². The van der Waals surface area contributed by atoms with E-state index in [9.17, 15) is 14.9 Å². The summed E-state index contributed by atoms with van der Waals surface area (Å²) >= 11 is 0. The number of hydrogen-bond donors (Lipinski definition) is 1. The highest BCUT2D eigenvalue weighted by atomic mass is 16.6. The predicted octanol–water partition coefficient (Wildman–Crippen LogP) is 3.28. The van der Waals surface area contributed by atoms with Gasteiger partial charge in [-0.3, -0.25) is 14.9 Å². The van der Waals surface area contributed by atoms with Gasteiger partial charge in [-0.15, -0.1) is 0 Å². The lowest BCUT2D eigenvalue weighted by Gasteiger charge is -2.16. The molecule has 0 aliphatic carbocycles. The molecule has 0 atom stereocenters. The van der Waals surface area contributed by atoms with Gasteiger partial charge in [0.15, 0.2) is 0 Å². The van der Waals surface area contributed by atoms with Crippen LogP contribution in [0.5, 0.6) is 0 Å². The van der Waals surface area contributed by atoms with E-state index in [1.807, 2.05) is 30.3 Å². The van der Waals surface area contributed by atoms with Gasteiger partial charge in [-0.25, -0.2) is 0 Å². The van der Waals surface area contributed by atoms with Crippen molar-refractivity contribution in [1.82, 2.24) is 4.98 Å². The Morgan fingerprint density at radius 1 is 1.17 bits per heavy atom. The van der Waals surface area contributed by atoms with Gasteiger partial charge in [-0.1, -0.05) is 24.3 Å². The minimum absolute atomic E-state index is 0.0000897. The fourth-order valence-corrected chi connectivity index (χ4v) is 3.03. The highest BCUT2D eigenvalue weighted by molar-refractivity contribution is 6.08. The second-order valence-corrected chi connectivity index (χ2v) is 5.55. The van der Waals surface area contributed by atoms with Gasteiger partial charge in [0.25, 0.3) is 11.6 Å². The standard InChI is InChI=1S/C17H13N3O3/c21-17(15-9-12-3-1-2-4-14(12)18-15)19-8-7-11-5-6-13(20(22)23)10-16(11)19/h1-6,9-10,18H,7-8H2. The van der Waals surface area contributed by atoms with E-state index in [2.05, 4.69) is 4.98 Å². The van der Waals surface area contributed by atoms with Gasteiger partial charge < -0.3 is 9.88 Å². The van der Waals surface area contributed by atoms with E-state index in [1.54, 1.807) is 11.0 Å². The Hall–Kier alpha value is -3.15. The van der Waals surface area contributed by atoms with Crippen molar-refractivity contribution in [3.63, 3.8) is 0 Å². The van der Waals surface area contributed by atoms with Gasteiger partial charge in [0.1, 0.15) is 5.69 Å². The number of benzene rings is 2. The molecular weight excluding hydrogens is 294 g/mol. The first-order valence-corrected chi connectivity index (χ1v) is 7.30. The van der Waals surface area contributed by atoms with Crippen LogP contribution < -0.4 is 4.90 Å². The first-order valence-electron chi connectivity index (χ1n) is 7.30. The van der Waals surface area contributed by atoms with E-state index in [0.717, 1.165) is 16.5 Å². The largest absolute Gasteiger partial charge is 0.351 e. The number of para-hydroxylation sites is 1. The molecular formula is C17H13N3O3. The maximum absolute atomic E-state index is 12.8. The molecule has 0 unspecified atom stereocenters. The number of nitrogens with one attached hydrogen (secondary N) is 1. The Morgan fingerprint density at radius 2 is 2.00 bits per heavy atom. The lowest BCUT2D eigenvalue weighted by Crippen LogP contribution is -2.29. The number of aromatic amines is 1. The summed E-state index contributed by atoms with van der Waals surface area (Å²) in [5.74, 6) is -0.166. The molecule has 0 fully saturated rings. The van der Waals surface area contributed by atoms with Gasteiger partial charge in [0.05, 0.1) is 10.6 Å². The maximum Gasteiger partial charge on any atom is 0.274 e. The molecule has 114 valence electrons. The van der Waals surface area contributed by atoms with Crippen LogP contribution in [0, 0.1) is 10.1 Å². The van der Waals surface area contributed by atoms with Crippen LogP contribution in [-0.2, 0) is 6.42 Å². The van der Waals surface area contributed by atoms with Crippen molar-refractivity contribution in [1.29, 1.82) is 0 Å². The summed E-state index contributed by atoms with van der Waals surface area (Å²) in [6.07, 6.45) is 0.708. The zero-order chi connectivity index (χ0) is 16.0. The zero-order valence-corrected chi connectivity index (χ0v) is 12.2. The molecule has 2 heterocycles. The molecule has 6 heteroatoms. The number of rotatable bonds is 2. The van der Waals surface area contributed by atoms with Crippen molar-refractivity contribution < 1.29 is 9.72 Å². The summed E-state index contributed by atoms with van der Waals surface area (Å²) in [6.45, 7) is 0.532. The SMILES string of the molecule is O=C(c1cc2ccccc2[nH]1)N1CCc2ccc([N+](=O)[O-])cc21. The van der Waals surface area contributed by atoms with Crippen molar-refractivity contribution >= 4 is 28.2 Å². The highest BCUT2D eigenvalue weighted by Gasteiger charge is 2.28. The van der Waals surface area contributed by atoms with Gasteiger partial charge in [0, 0.05) is 29.6 Å². The molecule has 0 saturated carbocycles. The fraction of sp³-hybridized carbons (Fsp3) is 0.118. The number of amides is 1. The highest BCUT2D eigenvalue weighted by Crippen LogP contribution is 2.33. The Kier molecular flexibility index (Phi) is 2.90. The molecule has 1 N–H and O–H groups in total. The summed E-state index contributed by atoms with van der Waals surface area (Å²) in [6, 6.07) is 14.2. The lowest BCUT2D eigenvalue weighted by atomic mass is 10.1. The number of hydrogen-bond acceptors (Lipinski definition) is 3. The van der Waals surface area contributed by atoms with Gasteiger partial charge in [-0.2, -0.15) is 0 Å². The lowest BCUT2D eigenvalue weighted by molar-refractivity contribution is -0.384. The van der Waals surface area contributed by atoms with E-state index >= 15 is 0 Å². The second-order valence-electron chi connectivity index (χ2n) is 5.55. The second kappa shape index (κ2) is 4.95. The van der Waals surface area contributed by atoms with Crippen LogP contribution in [0.1, 0.15) is 16.1 Å². The van der Waals surface area contributed by atoms with E-state index in [-0.39, 0.29) is 11.6 Å². The van der Waals surface area contributed by atoms with Crippen molar-refractivity contribution in [2.45, 2.75) is 6.42 Å². The first-order chi connectivity index (χ1) is 11.1. The molecule has 1 aromatic heterocycles. The molecule has 23 heavy (non-hydrogen) atoms. The van der Waals surface area contributed by atoms with Crippen molar-refractivity contribution in [2.75, 3.05) is 11.4 Å². The van der Waals surface area contributed by atoms with E-state index in [0.29, 0.717) is 24.3 Å². The summed E-state index contributed by atoms with van der Waals surface area (Å²) in [5.41, 5.74) is 2.97. The molecule has 1 aliphatic heterocycles.